The fraction of sp³-hybridized carbons (Fsp3) is 0.600. The number of sulfonamides is 1. The molecule has 3 rings (SSSR count). The van der Waals surface area contributed by atoms with Gasteiger partial charge in [-0.25, -0.2) is 13.2 Å². The number of amides is 1. The van der Waals surface area contributed by atoms with Gasteiger partial charge in [-0.3, -0.25) is 4.79 Å². The van der Waals surface area contributed by atoms with Gasteiger partial charge < -0.3 is 14.4 Å². The number of carbonyl (C=O) groups is 2. The summed E-state index contributed by atoms with van der Waals surface area (Å²) in [4.78, 5) is 25.0. The van der Waals surface area contributed by atoms with E-state index in [0.717, 1.165) is 12.8 Å². The molecule has 2 saturated heterocycles. The first-order valence-electron chi connectivity index (χ1n) is 7.96. The molecule has 1 N–H and O–H groups in total. The second kappa shape index (κ2) is 6.21. The summed E-state index contributed by atoms with van der Waals surface area (Å²) in [6.07, 6.45) is 2.62. The number of aryl methyl sites for hydroxylation is 1. The van der Waals surface area contributed by atoms with E-state index in [1.165, 1.54) is 22.2 Å². The summed E-state index contributed by atoms with van der Waals surface area (Å²) in [5, 5.41) is 9.19. The van der Waals surface area contributed by atoms with Crippen LogP contribution < -0.4 is 0 Å². The van der Waals surface area contributed by atoms with E-state index < -0.39 is 27.9 Å². The van der Waals surface area contributed by atoms with E-state index in [4.69, 9.17) is 4.42 Å². The Bertz CT molecular complexity index is 763. The summed E-state index contributed by atoms with van der Waals surface area (Å²) in [5.74, 6) is -1.62. The Morgan fingerprint density at radius 3 is 2.50 bits per heavy atom. The van der Waals surface area contributed by atoms with Crippen LogP contribution in [0.15, 0.2) is 15.4 Å². The second-order valence-electron chi connectivity index (χ2n) is 6.14. The van der Waals surface area contributed by atoms with Gasteiger partial charge >= 0.3 is 5.97 Å². The number of hydrogen-bond donors (Lipinski definition) is 1. The Balaban J connectivity index is 1.89. The maximum atomic E-state index is 12.6. The van der Waals surface area contributed by atoms with Gasteiger partial charge in [0.2, 0.25) is 10.0 Å². The molecule has 1 atom stereocenters. The first kappa shape index (κ1) is 17.0. The predicted molar refractivity (Wildman–Crippen MR) is 83.1 cm³/mol. The van der Waals surface area contributed by atoms with Crippen molar-refractivity contribution in [1.82, 2.24) is 9.21 Å². The van der Waals surface area contributed by atoms with Crippen molar-refractivity contribution in [3.05, 3.63) is 17.6 Å². The van der Waals surface area contributed by atoms with Crippen LogP contribution in [0, 0.1) is 6.92 Å². The van der Waals surface area contributed by atoms with Crippen molar-refractivity contribution in [1.29, 1.82) is 0 Å². The molecular formula is C15H20N2O6S. The standard InChI is InChI=1S/C15H20N2O6S/c1-10-13(24(21,22)16-6-2-3-7-16)9-12(23-10)14(18)17-8-4-5-11(17)15(19)20/h9,11H,2-8H2,1H3,(H,19,20)/t11-/m0/s1. The summed E-state index contributed by atoms with van der Waals surface area (Å²) < 4.78 is 32.0. The maximum absolute atomic E-state index is 12.6. The molecule has 0 spiro atoms. The molecule has 0 aliphatic carbocycles. The molecule has 1 aromatic heterocycles. The van der Waals surface area contributed by atoms with Crippen molar-refractivity contribution in [2.24, 2.45) is 0 Å². The quantitative estimate of drug-likeness (QED) is 0.864. The third-order valence-electron chi connectivity index (χ3n) is 4.56. The molecule has 3 heterocycles. The predicted octanol–water partition coefficient (Wildman–Crippen LogP) is 1.06. The van der Waals surface area contributed by atoms with Crippen molar-refractivity contribution in [2.75, 3.05) is 19.6 Å². The number of nitrogens with zero attached hydrogens (tertiary/aromatic N) is 2. The van der Waals surface area contributed by atoms with Crippen LogP contribution in [0.3, 0.4) is 0 Å². The van der Waals surface area contributed by atoms with E-state index in [1.807, 2.05) is 0 Å². The van der Waals surface area contributed by atoms with Gasteiger partial charge in [0.25, 0.3) is 5.91 Å². The molecule has 0 saturated carbocycles. The van der Waals surface area contributed by atoms with E-state index in [9.17, 15) is 23.1 Å². The number of aliphatic carboxylic acids is 1. The molecule has 132 valence electrons. The summed E-state index contributed by atoms with van der Waals surface area (Å²) >= 11 is 0. The van der Waals surface area contributed by atoms with E-state index in [-0.39, 0.29) is 16.4 Å². The molecule has 2 fully saturated rings. The van der Waals surface area contributed by atoms with Crippen LogP contribution in [-0.2, 0) is 14.8 Å². The lowest BCUT2D eigenvalue weighted by Crippen LogP contribution is -2.40. The van der Waals surface area contributed by atoms with Crippen molar-refractivity contribution < 1.29 is 27.5 Å². The van der Waals surface area contributed by atoms with E-state index in [0.29, 0.717) is 32.5 Å². The highest BCUT2D eigenvalue weighted by Gasteiger charge is 2.37. The molecule has 8 nitrogen and oxygen atoms in total. The molecular weight excluding hydrogens is 336 g/mol. The zero-order chi connectivity index (χ0) is 17.5. The molecule has 1 amide bonds. The number of carbonyl (C=O) groups excluding carboxylic acids is 1. The highest BCUT2D eigenvalue weighted by Crippen LogP contribution is 2.28. The van der Waals surface area contributed by atoms with Crippen LogP contribution >= 0.6 is 0 Å². The Morgan fingerprint density at radius 1 is 1.21 bits per heavy atom. The smallest absolute Gasteiger partial charge is 0.326 e. The van der Waals surface area contributed by atoms with Crippen LogP contribution in [0.2, 0.25) is 0 Å². The lowest BCUT2D eigenvalue weighted by Gasteiger charge is -2.19. The minimum atomic E-state index is -3.68. The average Bonchev–Trinajstić information content (AvgIpc) is 3.26. The summed E-state index contributed by atoms with van der Waals surface area (Å²) in [6.45, 7) is 2.75. The molecule has 24 heavy (non-hydrogen) atoms. The Kier molecular flexibility index (Phi) is 4.39. The number of carboxylic acid groups (broad SMARTS) is 1. The number of likely N-dealkylation sites (tertiary alicyclic amines) is 1. The van der Waals surface area contributed by atoms with Crippen LogP contribution in [0.4, 0.5) is 0 Å². The third-order valence-corrected chi connectivity index (χ3v) is 6.57. The van der Waals surface area contributed by atoms with Crippen LogP contribution in [0.1, 0.15) is 42.0 Å². The average molecular weight is 356 g/mol. The van der Waals surface area contributed by atoms with Crippen molar-refractivity contribution in [3.8, 4) is 0 Å². The minimum Gasteiger partial charge on any atom is -0.480 e. The van der Waals surface area contributed by atoms with Crippen LogP contribution in [0.25, 0.3) is 0 Å². The summed E-state index contributed by atoms with van der Waals surface area (Å²) in [5.41, 5.74) is 0. The fourth-order valence-electron chi connectivity index (χ4n) is 3.30. The van der Waals surface area contributed by atoms with Crippen molar-refractivity contribution in [3.63, 3.8) is 0 Å². The monoisotopic (exact) mass is 356 g/mol. The van der Waals surface area contributed by atoms with Gasteiger partial charge in [0, 0.05) is 25.7 Å². The zero-order valence-electron chi connectivity index (χ0n) is 13.4. The number of rotatable bonds is 4. The lowest BCUT2D eigenvalue weighted by atomic mass is 10.2. The van der Waals surface area contributed by atoms with E-state index in [1.54, 1.807) is 0 Å². The van der Waals surface area contributed by atoms with E-state index >= 15 is 0 Å². The Morgan fingerprint density at radius 2 is 1.88 bits per heavy atom. The number of carboxylic acids is 1. The second-order valence-corrected chi connectivity index (χ2v) is 8.04. The van der Waals surface area contributed by atoms with Crippen molar-refractivity contribution in [2.45, 2.75) is 43.5 Å². The molecule has 1 aromatic rings. The Labute approximate surface area is 140 Å². The molecule has 0 unspecified atom stereocenters. The van der Waals surface area contributed by atoms with Crippen LogP contribution in [0.5, 0.6) is 0 Å². The van der Waals surface area contributed by atoms with Gasteiger partial charge in [0.05, 0.1) is 0 Å². The van der Waals surface area contributed by atoms with Gasteiger partial charge in [-0.05, 0) is 32.6 Å². The Hall–Kier alpha value is -1.87. The van der Waals surface area contributed by atoms with Gasteiger partial charge in [-0.15, -0.1) is 0 Å². The topological polar surface area (TPSA) is 108 Å². The highest BCUT2D eigenvalue weighted by atomic mass is 32.2. The number of hydrogen-bond acceptors (Lipinski definition) is 5. The normalized spacial score (nSPS) is 22.2. The summed E-state index contributed by atoms with van der Waals surface area (Å²) in [7, 11) is -3.68. The molecule has 0 radical (unpaired) electrons. The SMILES string of the molecule is Cc1oc(C(=O)N2CCC[C@H]2C(=O)O)cc1S(=O)(=O)N1CCCC1. The van der Waals surface area contributed by atoms with Crippen molar-refractivity contribution >= 4 is 21.9 Å². The molecule has 0 bridgehead atoms. The van der Waals surface area contributed by atoms with Gasteiger partial charge in [-0.2, -0.15) is 4.31 Å². The van der Waals surface area contributed by atoms with E-state index in [2.05, 4.69) is 0 Å². The highest BCUT2D eigenvalue weighted by molar-refractivity contribution is 7.89. The van der Waals surface area contributed by atoms with Gasteiger partial charge in [0.1, 0.15) is 16.7 Å². The largest absolute Gasteiger partial charge is 0.480 e. The number of furan rings is 1. The third kappa shape index (κ3) is 2.82. The van der Waals surface area contributed by atoms with Gasteiger partial charge in [0.15, 0.2) is 5.76 Å². The molecule has 0 aromatic carbocycles. The molecule has 2 aliphatic rings. The first-order valence-corrected chi connectivity index (χ1v) is 9.40. The zero-order valence-corrected chi connectivity index (χ0v) is 14.2. The molecule has 9 heteroatoms. The molecule has 2 aliphatic heterocycles. The fourth-order valence-corrected chi connectivity index (χ4v) is 4.98. The van der Waals surface area contributed by atoms with Crippen LogP contribution in [-0.4, -0.2) is 60.3 Å². The lowest BCUT2D eigenvalue weighted by molar-refractivity contribution is -0.141. The summed E-state index contributed by atoms with van der Waals surface area (Å²) in [6, 6.07) is 0.337. The van der Waals surface area contributed by atoms with Gasteiger partial charge in [-0.1, -0.05) is 0 Å². The first-order chi connectivity index (χ1) is 11.3. The maximum Gasteiger partial charge on any atom is 0.326 e. The minimum absolute atomic E-state index is 0.0150.